The fourth-order valence-electron chi connectivity index (χ4n) is 2.45. The Morgan fingerprint density at radius 2 is 1.79 bits per heavy atom. The SMILES string of the molecule is CCc1c(OS(=O)(=O)C(F)(F)F)cc(CC)n(-c2cc(I)c(F)cc2Br)c1=O. The summed E-state index contributed by atoms with van der Waals surface area (Å²) in [6, 6.07) is 3.63. The van der Waals surface area contributed by atoms with E-state index in [0.29, 0.717) is 0 Å². The molecule has 28 heavy (non-hydrogen) atoms. The lowest BCUT2D eigenvalue weighted by molar-refractivity contribution is -0.0500. The second kappa shape index (κ2) is 8.30. The van der Waals surface area contributed by atoms with E-state index in [-0.39, 0.29) is 37.8 Å². The molecule has 1 heterocycles. The Labute approximate surface area is 180 Å². The number of alkyl halides is 3. The molecular weight excluding hydrogens is 585 g/mol. The standard InChI is InChI=1S/C16H13BrF4INO4S/c1-3-8-5-14(27-28(25,26)16(19,20)21)9(4-2)15(24)23(8)13-7-12(22)11(18)6-10(13)17/h5-7H,3-4H2,1-2H3. The Balaban J connectivity index is 2.80. The van der Waals surface area contributed by atoms with E-state index in [0.717, 1.165) is 12.1 Å². The Kier molecular flexibility index (Phi) is 6.86. The molecule has 0 saturated heterocycles. The molecule has 12 heteroatoms. The smallest absolute Gasteiger partial charge is 0.375 e. The van der Waals surface area contributed by atoms with Gasteiger partial charge >= 0.3 is 15.6 Å². The van der Waals surface area contributed by atoms with Crippen LogP contribution in [0.2, 0.25) is 0 Å². The molecule has 1 aromatic carbocycles. The molecule has 2 aromatic rings. The summed E-state index contributed by atoms with van der Waals surface area (Å²) in [5.74, 6) is -1.19. The number of hydrogen-bond donors (Lipinski definition) is 0. The monoisotopic (exact) mass is 597 g/mol. The third-order valence-electron chi connectivity index (χ3n) is 3.77. The maximum absolute atomic E-state index is 13.7. The van der Waals surface area contributed by atoms with Gasteiger partial charge in [-0.05, 0) is 63.5 Å². The molecule has 0 aliphatic rings. The summed E-state index contributed by atoms with van der Waals surface area (Å²) in [5, 5.41) is 0. The predicted molar refractivity (Wildman–Crippen MR) is 107 cm³/mol. The quantitative estimate of drug-likeness (QED) is 0.165. The van der Waals surface area contributed by atoms with E-state index in [1.54, 1.807) is 29.5 Å². The Morgan fingerprint density at radius 3 is 2.29 bits per heavy atom. The molecule has 0 fully saturated rings. The van der Waals surface area contributed by atoms with E-state index in [1.165, 1.54) is 17.6 Å². The van der Waals surface area contributed by atoms with Crippen LogP contribution in [0.3, 0.4) is 0 Å². The number of aromatic nitrogens is 1. The number of pyridine rings is 1. The molecule has 2 rings (SSSR count). The third kappa shape index (κ3) is 4.37. The number of benzene rings is 1. The zero-order valence-electron chi connectivity index (χ0n) is 14.4. The summed E-state index contributed by atoms with van der Waals surface area (Å²) in [6.07, 6.45) is 0.0868. The first-order valence-corrected chi connectivity index (χ1v) is 11.1. The number of halogens is 6. The zero-order valence-corrected chi connectivity index (χ0v) is 19.0. The normalized spacial score (nSPS) is 12.3. The molecule has 1 aromatic heterocycles. The Morgan fingerprint density at radius 1 is 1.18 bits per heavy atom. The lowest BCUT2D eigenvalue weighted by atomic mass is 10.1. The largest absolute Gasteiger partial charge is 0.534 e. The van der Waals surface area contributed by atoms with E-state index >= 15 is 0 Å². The van der Waals surface area contributed by atoms with Crippen molar-refractivity contribution < 1.29 is 30.2 Å². The fourth-order valence-corrected chi connectivity index (χ4v) is 3.87. The van der Waals surface area contributed by atoms with E-state index in [4.69, 9.17) is 0 Å². The molecule has 0 N–H and O–H groups in total. The van der Waals surface area contributed by atoms with Gasteiger partial charge in [0.2, 0.25) is 0 Å². The predicted octanol–water partition coefficient (Wildman–Crippen LogP) is 4.70. The number of aryl methyl sites for hydroxylation is 1. The van der Waals surface area contributed by atoms with Crippen LogP contribution in [0, 0.1) is 9.39 Å². The van der Waals surface area contributed by atoms with E-state index in [2.05, 4.69) is 20.1 Å². The van der Waals surface area contributed by atoms with Gasteiger partial charge in [0.1, 0.15) is 5.82 Å². The van der Waals surface area contributed by atoms with Crippen LogP contribution in [0.1, 0.15) is 25.1 Å². The number of rotatable bonds is 5. The molecule has 0 amide bonds. The van der Waals surface area contributed by atoms with Crippen LogP contribution in [0.25, 0.3) is 5.69 Å². The Hall–Kier alpha value is -1.15. The number of hydrogen-bond acceptors (Lipinski definition) is 4. The third-order valence-corrected chi connectivity index (χ3v) is 6.20. The van der Waals surface area contributed by atoms with Gasteiger partial charge in [0, 0.05) is 16.2 Å². The van der Waals surface area contributed by atoms with Gasteiger partial charge in [-0.15, -0.1) is 0 Å². The first-order chi connectivity index (χ1) is 12.8. The molecule has 0 aliphatic heterocycles. The van der Waals surface area contributed by atoms with Gasteiger partial charge < -0.3 is 4.18 Å². The molecule has 0 bridgehead atoms. The summed E-state index contributed by atoms with van der Waals surface area (Å²) in [7, 11) is -5.93. The summed E-state index contributed by atoms with van der Waals surface area (Å²) < 4.78 is 80.5. The fraction of sp³-hybridized carbons (Fsp3) is 0.312. The van der Waals surface area contributed by atoms with Crippen molar-refractivity contribution in [2.75, 3.05) is 0 Å². The van der Waals surface area contributed by atoms with Crippen LogP contribution >= 0.6 is 38.5 Å². The van der Waals surface area contributed by atoms with Crippen molar-refractivity contribution in [3.05, 3.63) is 53.7 Å². The lowest BCUT2D eigenvalue weighted by Crippen LogP contribution is -2.31. The first kappa shape index (κ1) is 23.1. The highest BCUT2D eigenvalue weighted by Gasteiger charge is 2.49. The molecule has 0 radical (unpaired) electrons. The van der Waals surface area contributed by atoms with Gasteiger partial charge in [0.15, 0.2) is 5.75 Å². The summed E-state index contributed by atoms with van der Waals surface area (Å²) >= 11 is 4.92. The molecule has 154 valence electrons. The van der Waals surface area contributed by atoms with Crippen molar-refractivity contribution in [2.24, 2.45) is 0 Å². The van der Waals surface area contributed by atoms with Crippen molar-refractivity contribution in [3.8, 4) is 11.4 Å². The van der Waals surface area contributed by atoms with Gasteiger partial charge in [-0.2, -0.15) is 21.6 Å². The second-order valence-corrected chi connectivity index (χ2v) is 9.08. The maximum atomic E-state index is 13.7. The number of nitrogens with zero attached hydrogens (tertiary/aromatic N) is 1. The van der Waals surface area contributed by atoms with Crippen molar-refractivity contribution in [3.63, 3.8) is 0 Å². The van der Waals surface area contributed by atoms with Crippen LogP contribution in [0.5, 0.6) is 5.75 Å². The van der Waals surface area contributed by atoms with Crippen molar-refractivity contribution >= 4 is 48.6 Å². The summed E-state index contributed by atoms with van der Waals surface area (Å²) in [4.78, 5) is 13.0. The maximum Gasteiger partial charge on any atom is 0.534 e. The Bertz CT molecular complexity index is 1080. The van der Waals surface area contributed by atoms with Crippen LogP contribution in [0.15, 0.2) is 27.5 Å². The molecule has 0 aliphatic carbocycles. The minimum Gasteiger partial charge on any atom is -0.375 e. The highest BCUT2D eigenvalue weighted by molar-refractivity contribution is 14.1. The van der Waals surface area contributed by atoms with Crippen LogP contribution in [-0.2, 0) is 23.0 Å². The molecule has 0 saturated carbocycles. The topological polar surface area (TPSA) is 65.4 Å². The first-order valence-electron chi connectivity index (χ1n) is 7.77. The zero-order chi connectivity index (χ0) is 21.4. The van der Waals surface area contributed by atoms with Crippen molar-refractivity contribution in [1.82, 2.24) is 4.57 Å². The van der Waals surface area contributed by atoms with E-state index < -0.39 is 32.8 Å². The summed E-state index contributed by atoms with van der Waals surface area (Å²) in [5.41, 5.74) is -6.17. The van der Waals surface area contributed by atoms with Crippen molar-refractivity contribution in [1.29, 1.82) is 0 Å². The highest BCUT2D eigenvalue weighted by atomic mass is 127. The van der Waals surface area contributed by atoms with E-state index in [9.17, 15) is 30.8 Å². The van der Waals surface area contributed by atoms with Crippen molar-refractivity contribution in [2.45, 2.75) is 32.2 Å². The lowest BCUT2D eigenvalue weighted by Gasteiger charge is -2.19. The average molecular weight is 598 g/mol. The molecular formula is C16H13BrF4INO4S. The van der Waals surface area contributed by atoms with Crippen LogP contribution in [-0.4, -0.2) is 18.5 Å². The van der Waals surface area contributed by atoms with Gasteiger partial charge in [-0.3, -0.25) is 9.36 Å². The molecule has 0 atom stereocenters. The second-order valence-electron chi connectivity index (χ2n) is 5.53. The summed E-state index contributed by atoms with van der Waals surface area (Å²) in [6.45, 7) is 3.10. The minimum atomic E-state index is -5.93. The minimum absolute atomic E-state index is 0.0819. The van der Waals surface area contributed by atoms with Crippen LogP contribution in [0.4, 0.5) is 17.6 Å². The van der Waals surface area contributed by atoms with Gasteiger partial charge in [-0.25, -0.2) is 4.39 Å². The van der Waals surface area contributed by atoms with Gasteiger partial charge in [0.05, 0.1) is 14.8 Å². The molecule has 5 nitrogen and oxygen atoms in total. The van der Waals surface area contributed by atoms with E-state index in [1.807, 2.05) is 0 Å². The van der Waals surface area contributed by atoms with Gasteiger partial charge in [-0.1, -0.05) is 13.8 Å². The average Bonchev–Trinajstić information content (AvgIpc) is 2.57. The van der Waals surface area contributed by atoms with Gasteiger partial charge in [0.25, 0.3) is 5.56 Å². The van der Waals surface area contributed by atoms with Crippen LogP contribution < -0.4 is 9.74 Å². The molecule has 0 unspecified atom stereocenters. The molecule has 0 spiro atoms. The highest BCUT2D eigenvalue weighted by Crippen LogP contribution is 2.31.